The van der Waals surface area contributed by atoms with Gasteiger partial charge in [-0.05, 0) is 32.1 Å². The van der Waals surface area contributed by atoms with Gasteiger partial charge in [-0.1, -0.05) is 12.8 Å². The summed E-state index contributed by atoms with van der Waals surface area (Å²) in [5, 5.41) is 2.91. The molecule has 2 fully saturated rings. The Labute approximate surface area is 127 Å². The van der Waals surface area contributed by atoms with E-state index in [-0.39, 0.29) is 30.5 Å². The first-order valence-electron chi connectivity index (χ1n) is 7.54. The van der Waals surface area contributed by atoms with Crippen LogP contribution in [0.3, 0.4) is 0 Å². The fourth-order valence-corrected chi connectivity index (χ4v) is 2.77. The number of hydrogen-bond acceptors (Lipinski definition) is 4. The summed E-state index contributed by atoms with van der Waals surface area (Å²) in [7, 11) is 0. The van der Waals surface area contributed by atoms with Crippen molar-refractivity contribution in [2.24, 2.45) is 5.73 Å². The van der Waals surface area contributed by atoms with Gasteiger partial charge in [0, 0.05) is 19.7 Å². The summed E-state index contributed by atoms with van der Waals surface area (Å²) in [6.07, 6.45) is 7.74. The summed E-state index contributed by atoms with van der Waals surface area (Å²) < 4.78 is 11.3. The Hall–Kier alpha value is -0.360. The summed E-state index contributed by atoms with van der Waals surface area (Å²) >= 11 is 0. The summed E-state index contributed by atoms with van der Waals surface area (Å²) in [6, 6.07) is 0. The van der Waals surface area contributed by atoms with Crippen molar-refractivity contribution in [1.82, 2.24) is 5.32 Å². The maximum Gasteiger partial charge on any atom is 0.249 e. The molecular weight excluding hydrogens is 280 g/mol. The highest BCUT2D eigenvalue weighted by Gasteiger charge is 2.29. The molecule has 1 aliphatic heterocycles. The van der Waals surface area contributed by atoms with Crippen LogP contribution in [0.25, 0.3) is 0 Å². The Bertz CT molecular complexity index is 286. The van der Waals surface area contributed by atoms with Crippen LogP contribution in [-0.2, 0) is 14.3 Å². The van der Waals surface area contributed by atoms with Gasteiger partial charge >= 0.3 is 0 Å². The molecule has 6 heteroatoms. The van der Waals surface area contributed by atoms with E-state index < -0.39 is 0 Å². The third kappa shape index (κ3) is 5.56. The molecule has 0 spiro atoms. The average molecular weight is 307 g/mol. The van der Waals surface area contributed by atoms with Crippen LogP contribution in [0, 0.1) is 0 Å². The van der Waals surface area contributed by atoms with Crippen molar-refractivity contribution in [2.45, 2.75) is 63.3 Å². The third-order valence-corrected chi connectivity index (χ3v) is 3.94. The molecule has 1 saturated heterocycles. The van der Waals surface area contributed by atoms with Gasteiger partial charge < -0.3 is 20.5 Å². The monoisotopic (exact) mass is 306 g/mol. The molecule has 20 heavy (non-hydrogen) atoms. The standard InChI is InChI=1S/C14H26N2O3.ClH/c15-10-12-6-7-13(19-12)14(17)16-8-3-9-18-11-4-1-2-5-11;/h11-13H,1-10,15H2,(H,16,17);1H/t12-,13+;/m1./s1. The van der Waals surface area contributed by atoms with Crippen molar-refractivity contribution in [2.75, 3.05) is 19.7 Å². The summed E-state index contributed by atoms with van der Waals surface area (Å²) in [6.45, 7) is 1.90. The Balaban J connectivity index is 0.00000200. The van der Waals surface area contributed by atoms with Crippen LogP contribution in [0.4, 0.5) is 0 Å². The van der Waals surface area contributed by atoms with Gasteiger partial charge in [0.15, 0.2) is 0 Å². The van der Waals surface area contributed by atoms with Crippen LogP contribution in [0.2, 0.25) is 0 Å². The van der Waals surface area contributed by atoms with Gasteiger partial charge in [0.1, 0.15) is 6.10 Å². The van der Waals surface area contributed by atoms with Crippen LogP contribution in [0.15, 0.2) is 0 Å². The Kier molecular flexibility index (Phi) is 8.45. The molecule has 2 atom stereocenters. The molecule has 0 radical (unpaired) electrons. The van der Waals surface area contributed by atoms with Gasteiger partial charge in [-0.25, -0.2) is 0 Å². The van der Waals surface area contributed by atoms with Gasteiger partial charge in [-0.3, -0.25) is 4.79 Å². The lowest BCUT2D eigenvalue weighted by atomic mass is 10.2. The molecule has 1 saturated carbocycles. The van der Waals surface area contributed by atoms with Crippen molar-refractivity contribution in [3.63, 3.8) is 0 Å². The molecule has 0 aromatic rings. The van der Waals surface area contributed by atoms with Gasteiger partial charge in [0.05, 0.1) is 12.2 Å². The van der Waals surface area contributed by atoms with Gasteiger partial charge in [0.2, 0.25) is 5.91 Å². The van der Waals surface area contributed by atoms with E-state index in [9.17, 15) is 4.79 Å². The van der Waals surface area contributed by atoms with Gasteiger partial charge in [0.25, 0.3) is 0 Å². The Morgan fingerprint density at radius 3 is 2.65 bits per heavy atom. The Morgan fingerprint density at radius 1 is 1.25 bits per heavy atom. The highest BCUT2D eigenvalue weighted by atomic mass is 35.5. The quantitative estimate of drug-likeness (QED) is 0.697. The lowest BCUT2D eigenvalue weighted by Crippen LogP contribution is -2.36. The SMILES string of the molecule is Cl.NC[C@H]1CC[C@@H](C(=O)NCCCOC2CCCC2)O1. The van der Waals surface area contributed by atoms with Crippen molar-refractivity contribution < 1.29 is 14.3 Å². The fourth-order valence-electron chi connectivity index (χ4n) is 2.77. The van der Waals surface area contributed by atoms with E-state index in [0.717, 1.165) is 25.9 Å². The highest BCUT2D eigenvalue weighted by Crippen LogP contribution is 2.21. The van der Waals surface area contributed by atoms with E-state index in [2.05, 4.69) is 5.32 Å². The van der Waals surface area contributed by atoms with E-state index in [0.29, 0.717) is 19.2 Å². The molecule has 2 aliphatic rings. The number of carbonyl (C=O) groups is 1. The van der Waals surface area contributed by atoms with Crippen molar-refractivity contribution >= 4 is 18.3 Å². The maximum atomic E-state index is 11.8. The van der Waals surface area contributed by atoms with Gasteiger partial charge in [-0.15, -0.1) is 12.4 Å². The number of ether oxygens (including phenoxy) is 2. The number of nitrogens with one attached hydrogen (secondary N) is 1. The first kappa shape index (κ1) is 17.7. The van der Waals surface area contributed by atoms with Crippen LogP contribution < -0.4 is 11.1 Å². The molecule has 0 unspecified atom stereocenters. The molecule has 3 N–H and O–H groups in total. The number of hydrogen-bond donors (Lipinski definition) is 2. The second-order valence-electron chi connectivity index (χ2n) is 5.48. The van der Waals surface area contributed by atoms with Crippen LogP contribution in [0.5, 0.6) is 0 Å². The zero-order valence-corrected chi connectivity index (χ0v) is 12.8. The molecule has 0 aromatic carbocycles. The van der Waals surface area contributed by atoms with E-state index in [1.807, 2.05) is 0 Å². The lowest BCUT2D eigenvalue weighted by Gasteiger charge is -2.13. The maximum absolute atomic E-state index is 11.8. The zero-order valence-electron chi connectivity index (χ0n) is 12.0. The molecule has 5 nitrogen and oxygen atoms in total. The van der Waals surface area contributed by atoms with Crippen LogP contribution in [-0.4, -0.2) is 43.9 Å². The molecular formula is C14H27ClN2O3. The molecule has 1 aliphatic carbocycles. The van der Waals surface area contributed by atoms with Crippen LogP contribution >= 0.6 is 12.4 Å². The second-order valence-corrected chi connectivity index (χ2v) is 5.48. The molecule has 0 aromatic heterocycles. The average Bonchev–Trinajstić information content (AvgIpc) is 3.09. The second kappa shape index (κ2) is 9.55. The summed E-state index contributed by atoms with van der Waals surface area (Å²) in [4.78, 5) is 11.8. The van der Waals surface area contributed by atoms with Crippen molar-refractivity contribution in [3.8, 4) is 0 Å². The highest BCUT2D eigenvalue weighted by molar-refractivity contribution is 5.85. The van der Waals surface area contributed by atoms with Crippen molar-refractivity contribution in [3.05, 3.63) is 0 Å². The Morgan fingerprint density at radius 2 is 2.00 bits per heavy atom. The number of amides is 1. The minimum Gasteiger partial charge on any atom is -0.378 e. The number of rotatable bonds is 7. The number of halogens is 1. The normalized spacial score (nSPS) is 26.4. The largest absolute Gasteiger partial charge is 0.378 e. The molecule has 1 amide bonds. The minimum absolute atomic E-state index is 0. The first-order valence-corrected chi connectivity index (χ1v) is 7.54. The smallest absolute Gasteiger partial charge is 0.249 e. The molecule has 2 rings (SSSR count). The minimum atomic E-state index is -0.302. The van der Waals surface area contributed by atoms with E-state index in [4.69, 9.17) is 15.2 Å². The fraction of sp³-hybridized carbons (Fsp3) is 0.929. The number of nitrogens with two attached hydrogens (primary N) is 1. The van der Waals surface area contributed by atoms with Crippen LogP contribution in [0.1, 0.15) is 44.9 Å². The predicted molar refractivity (Wildman–Crippen MR) is 80.0 cm³/mol. The molecule has 0 bridgehead atoms. The predicted octanol–water partition coefficient (Wildman–Crippen LogP) is 1.38. The summed E-state index contributed by atoms with van der Waals surface area (Å²) in [5.41, 5.74) is 5.52. The lowest BCUT2D eigenvalue weighted by molar-refractivity contribution is -0.131. The number of carbonyl (C=O) groups excluding carboxylic acids is 1. The molecule has 1 heterocycles. The molecule has 118 valence electrons. The van der Waals surface area contributed by atoms with E-state index in [1.165, 1.54) is 25.7 Å². The van der Waals surface area contributed by atoms with Crippen molar-refractivity contribution in [1.29, 1.82) is 0 Å². The van der Waals surface area contributed by atoms with E-state index in [1.54, 1.807) is 0 Å². The third-order valence-electron chi connectivity index (χ3n) is 3.94. The van der Waals surface area contributed by atoms with E-state index >= 15 is 0 Å². The van der Waals surface area contributed by atoms with Gasteiger partial charge in [-0.2, -0.15) is 0 Å². The topological polar surface area (TPSA) is 73.6 Å². The first-order chi connectivity index (χ1) is 9.29. The zero-order chi connectivity index (χ0) is 13.5. The summed E-state index contributed by atoms with van der Waals surface area (Å²) in [5.74, 6) is -0.00295.